The molecule has 0 bridgehead atoms. The average Bonchev–Trinajstić information content (AvgIpc) is 3.79. The molecule has 4 amide bonds. The first-order valence-electron chi connectivity index (χ1n) is 19.9. The molecule has 57 heavy (non-hydrogen) atoms. The maximum absolute atomic E-state index is 13.4. The van der Waals surface area contributed by atoms with Crippen molar-refractivity contribution in [2.24, 2.45) is 18.4 Å². The van der Waals surface area contributed by atoms with Crippen LogP contribution in [0.4, 0.5) is 5.69 Å². The maximum atomic E-state index is 13.4. The van der Waals surface area contributed by atoms with Gasteiger partial charge < -0.3 is 23.8 Å². The van der Waals surface area contributed by atoms with Crippen LogP contribution in [-0.2, 0) is 23.2 Å². The lowest BCUT2D eigenvalue weighted by molar-refractivity contribution is -0.136. The predicted octanol–water partition coefficient (Wildman–Crippen LogP) is 4.50. The minimum absolute atomic E-state index is 0.000744. The zero-order valence-electron chi connectivity index (χ0n) is 32.7. The van der Waals surface area contributed by atoms with Crippen LogP contribution in [0.25, 0.3) is 21.2 Å². The topological polar surface area (TPSA) is 134 Å². The number of aryl methyl sites for hydroxylation is 1. The van der Waals surface area contributed by atoms with E-state index in [-0.39, 0.29) is 29.7 Å². The summed E-state index contributed by atoms with van der Waals surface area (Å²) in [6.45, 7) is 7.92. The molecule has 1 spiro atoms. The SMILES string of the molecule is COc1cc(-c2cn(C)c(=O)c3ccsc23)cc(OC)c1CN1CCC(CN2CCC3(CC2)CN(c2ccc4c(c2)C(=O)N(C2CCC(=O)NC2=O)C4=O)C3)CC1. The highest BCUT2D eigenvalue weighted by atomic mass is 32.1. The van der Waals surface area contributed by atoms with Gasteiger partial charge in [0.15, 0.2) is 0 Å². The van der Waals surface area contributed by atoms with Crippen molar-refractivity contribution in [3.05, 3.63) is 75.0 Å². The summed E-state index contributed by atoms with van der Waals surface area (Å²) in [5, 5.41) is 4.94. The van der Waals surface area contributed by atoms with Crippen molar-refractivity contribution in [1.29, 1.82) is 0 Å². The Morgan fingerprint density at radius 3 is 2.21 bits per heavy atom. The predicted molar refractivity (Wildman–Crippen MR) is 217 cm³/mol. The van der Waals surface area contributed by atoms with Gasteiger partial charge in [-0.1, -0.05) is 0 Å². The lowest BCUT2D eigenvalue weighted by Crippen LogP contribution is -2.60. The van der Waals surface area contributed by atoms with Gasteiger partial charge in [-0.3, -0.25) is 39.1 Å². The number of ether oxygens (including phenoxy) is 2. The van der Waals surface area contributed by atoms with Crippen LogP contribution in [0.1, 0.15) is 64.8 Å². The summed E-state index contributed by atoms with van der Waals surface area (Å²) in [6, 6.07) is 10.5. The molecule has 2 aromatic heterocycles. The van der Waals surface area contributed by atoms with E-state index < -0.39 is 23.8 Å². The number of likely N-dealkylation sites (tertiary alicyclic amines) is 2. The van der Waals surface area contributed by atoms with Gasteiger partial charge in [0.2, 0.25) is 11.8 Å². The van der Waals surface area contributed by atoms with E-state index in [4.69, 9.17) is 9.47 Å². The summed E-state index contributed by atoms with van der Waals surface area (Å²) in [5.41, 5.74) is 4.83. The van der Waals surface area contributed by atoms with E-state index in [1.807, 2.05) is 23.7 Å². The van der Waals surface area contributed by atoms with E-state index in [1.54, 1.807) is 49.3 Å². The molecule has 5 aliphatic rings. The monoisotopic (exact) mass is 792 g/mol. The number of hydrogen-bond donors (Lipinski definition) is 1. The first-order valence-corrected chi connectivity index (χ1v) is 20.8. The van der Waals surface area contributed by atoms with Gasteiger partial charge >= 0.3 is 0 Å². The summed E-state index contributed by atoms with van der Waals surface area (Å²) >= 11 is 1.57. The molecule has 4 saturated heterocycles. The second-order valence-corrected chi connectivity index (χ2v) is 17.5. The summed E-state index contributed by atoms with van der Waals surface area (Å²) < 4.78 is 14.5. The number of fused-ring (bicyclic) bond motifs is 2. The third kappa shape index (κ3) is 6.70. The quantitative estimate of drug-likeness (QED) is 0.242. The molecule has 2 aromatic carbocycles. The lowest BCUT2D eigenvalue weighted by atomic mass is 9.71. The van der Waals surface area contributed by atoms with E-state index in [0.717, 1.165) is 127 Å². The molecule has 298 valence electrons. The highest BCUT2D eigenvalue weighted by Crippen LogP contribution is 2.44. The molecule has 1 atom stereocenters. The van der Waals surface area contributed by atoms with Crippen molar-refractivity contribution >= 4 is 50.7 Å². The summed E-state index contributed by atoms with van der Waals surface area (Å²) in [4.78, 5) is 71.8. The van der Waals surface area contributed by atoms with Crippen molar-refractivity contribution in [3.63, 3.8) is 0 Å². The Morgan fingerprint density at radius 2 is 1.53 bits per heavy atom. The number of carbonyl (C=O) groups is 4. The molecule has 0 aliphatic carbocycles. The number of rotatable bonds is 9. The minimum atomic E-state index is -0.959. The van der Waals surface area contributed by atoms with Gasteiger partial charge in [0, 0.05) is 67.2 Å². The number of benzene rings is 2. The normalized spacial score (nSPS) is 21.6. The Kier molecular flexibility index (Phi) is 9.69. The number of imide groups is 2. The first kappa shape index (κ1) is 37.5. The first-order chi connectivity index (χ1) is 27.5. The number of aromatic nitrogens is 1. The number of amides is 4. The van der Waals surface area contributed by atoms with Crippen molar-refractivity contribution in [2.75, 3.05) is 64.9 Å². The van der Waals surface area contributed by atoms with Gasteiger partial charge in [0.05, 0.1) is 36.3 Å². The fraction of sp³-hybridized carbons (Fsp3) is 0.465. The highest BCUT2D eigenvalue weighted by Gasteiger charge is 2.47. The van der Waals surface area contributed by atoms with Crippen LogP contribution in [0.5, 0.6) is 11.5 Å². The van der Waals surface area contributed by atoms with Crippen molar-refractivity contribution in [3.8, 4) is 22.6 Å². The van der Waals surface area contributed by atoms with Crippen LogP contribution < -0.4 is 25.2 Å². The number of pyridine rings is 1. The average molecular weight is 793 g/mol. The van der Waals surface area contributed by atoms with Crippen LogP contribution in [0.2, 0.25) is 0 Å². The summed E-state index contributed by atoms with van der Waals surface area (Å²) in [5.74, 6) is 0.323. The Bertz CT molecular complexity index is 2320. The van der Waals surface area contributed by atoms with Gasteiger partial charge in [-0.2, -0.15) is 0 Å². The third-order valence-corrected chi connectivity index (χ3v) is 14.0. The molecule has 4 aromatic rings. The molecule has 13 nitrogen and oxygen atoms in total. The van der Waals surface area contributed by atoms with E-state index in [2.05, 4.69) is 32.1 Å². The number of hydrogen-bond acceptors (Lipinski definition) is 11. The zero-order valence-corrected chi connectivity index (χ0v) is 33.5. The number of anilines is 1. The summed E-state index contributed by atoms with van der Waals surface area (Å²) in [7, 11) is 5.20. The van der Waals surface area contributed by atoms with E-state index >= 15 is 0 Å². The van der Waals surface area contributed by atoms with E-state index in [9.17, 15) is 24.0 Å². The van der Waals surface area contributed by atoms with Crippen LogP contribution in [0.15, 0.2) is 52.8 Å². The molecule has 5 aliphatic heterocycles. The smallest absolute Gasteiger partial charge is 0.262 e. The number of methoxy groups -OCH3 is 2. The number of carbonyl (C=O) groups excluding carboxylic acids is 4. The fourth-order valence-corrected chi connectivity index (χ4v) is 10.7. The molecule has 4 fully saturated rings. The van der Waals surface area contributed by atoms with Crippen molar-refractivity contribution in [1.82, 2.24) is 24.6 Å². The molecular formula is C43H48N6O7S. The van der Waals surface area contributed by atoms with Gasteiger partial charge in [-0.05, 0) is 112 Å². The Morgan fingerprint density at radius 1 is 0.825 bits per heavy atom. The molecule has 0 saturated carbocycles. The van der Waals surface area contributed by atoms with E-state index in [1.165, 1.54) is 0 Å². The number of piperidine rings is 3. The minimum Gasteiger partial charge on any atom is -0.496 e. The Hall–Kier alpha value is -5.05. The summed E-state index contributed by atoms with van der Waals surface area (Å²) in [6.07, 6.45) is 6.72. The van der Waals surface area contributed by atoms with Gasteiger partial charge in [0.25, 0.3) is 17.4 Å². The highest BCUT2D eigenvalue weighted by molar-refractivity contribution is 7.17. The second kappa shape index (κ2) is 14.7. The largest absolute Gasteiger partial charge is 0.496 e. The molecule has 7 heterocycles. The van der Waals surface area contributed by atoms with Gasteiger partial charge in [-0.15, -0.1) is 11.3 Å². The molecular weight excluding hydrogens is 745 g/mol. The third-order valence-electron chi connectivity index (χ3n) is 13.1. The maximum Gasteiger partial charge on any atom is 0.262 e. The molecule has 0 radical (unpaired) electrons. The van der Waals surface area contributed by atoms with Crippen LogP contribution in [0.3, 0.4) is 0 Å². The van der Waals surface area contributed by atoms with Gasteiger partial charge in [-0.25, -0.2) is 0 Å². The number of nitrogens with one attached hydrogen (secondary N) is 1. The van der Waals surface area contributed by atoms with Crippen molar-refractivity contribution < 1.29 is 28.7 Å². The lowest BCUT2D eigenvalue weighted by Gasteiger charge is -2.55. The fourth-order valence-electron chi connectivity index (χ4n) is 9.73. The second-order valence-electron chi connectivity index (χ2n) is 16.5. The number of thiophene rings is 1. The van der Waals surface area contributed by atoms with Crippen LogP contribution in [-0.4, -0.2) is 109 Å². The molecule has 1 N–H and O–H groups in total. The molecule has 9 rings (SSSR count). The van der Waals surface area contributed by atoms with Crippen LogP contribution >= 0.6 is 11.3 Å². The Balaban J connectivity index is 0.768. The molecule has 1 unspecified atom stereocenters. The van der Waals surface area contributed by atoms with Crippen LogP contribution in [0, 0.1) is 11.3 Å². The standard InChI is InChI=1S/C43H48N6O7S/c1-45-22-32(38-30(40(45)52)10-17-57-38)27-18-35(55-2)33(36(19-27)56-3)23-46-13-8-26(9-14-46)21-47-15-11-43(12-16-47)24-48(25-43)28-4-5-29-31(20-28)42(54)49(41(29)53)34-6-7-37(50)44-39(34)51/h4-5,10,17-20,22,26,34H,6-9,11-16,21,23-25H2,1-3H3,(H,44,50,51). The van der Waals surface area contributed by atoms with E-state index in [0.29, 0.717) is 17.0 Å². The Labute approximate surface area is 335 Å². The zero-order chi connectivity index (χ0) is 39.6. The number of nitrogens with zero attached hydrogens (tertiary/aromatic N) is 5. The molecule has 14 heteroatoms. The van der Waals surface area contributed by atoms with Gasteiger partial charge in [0.1, 0.15) is 17.5 Å². The van der Waals surface area contributed by atoms with Crippen molar-refractivity contribution in [2.45, 2.75) is 51.1 Å².